The van der Waals surface area contributed by atoms with Crippen LogP contribution >= 0.6 is 0 Å². The van der Waals surface area contributed by atoms with E-state index >= 15 is 0 Å². The van der Waals surface area contributed by atoms with Crippen molar-refractivity contribution < 1.29 is 9.21 Å². The van der Waals surface area contributed by atoms with Crippen molar-refractivity contribution in [3.63, 3.8) is 0 Å². The Bertz CT molecular complexity index is 743. The quantitative estimate of drug-likeness (QED) is 0.773. The number of aryl methyl sites for hydroxylation is 1. The van der Waals surface area contributed by atoms with Crippen LogP contribution in [0.2, 0.25) is 0 Å². The van der Waals surface area contributed by atoms with Crippen LogP contribution in [-0.2, 0) is 17.8 Å². The number of nitrogens with zero attached hydrogens (tertiary/aromatic N) is 3. The zero-order chi connectivity index (χ0) is 19.4. The number of aromatic nitrogens is 2. The van der Waals surface area contributed by atoms with Crippen LogP contribution < -0.4 is 5.32 Å². The maximum absolute atomic E-state index is 12.6. The van der Waals surface area contributed by atoms with Crippen molar-refractivity contribution >= 4 is 5.91 Å². The highest BCUT2D eigenvalue weighted by Gasteiger charge is 2.26. The summed E-state index contributed by atoms with van der Waals surface area (Å²) in [7, 11) is 0. The molecule has 6 heteroatoms. The van der Waals surface area contributed by atoms with E-state index in [1.807, 2.05) is 23.7 Å². The smallest absolute Gasteiger partial charge is 0.224 e. The van der Waals surface area contributed by atoms with Gasteiger partial charge < -0.3 is 9.73 Å². The lowest BCUT2D eigenvalue weighted by Crippen LogP contribution is -2.37. The molecule has 3 rings (SSSR count). The Kier molecular flexibility index (Phi) is 6.37. The monoisotopic (exact) mass is 372 g/mol. The van der Waals surface area contributed by atoms with Gasteiger partial charge in [0.05, 0.1) is 24.4 Å². The highest BCUT2D eigenvalue weighted by Crippen LogP contribution is 2.25. The Morgan fingerprint density at radius 2 is 2.04 bits per heavy atom. The van der Waals surface area contributed by atoms with E-state index in [0.717, 1.165) is 42.3 Å². The predicted molar refractivity (Wildman–Crippen MR) is 106 cm³/mol. The summed E-state index contributed by atoms with van der Waals surface area (Å²) in [6, 6.07) is 4.02. The average molecular weight is 373 g/mol. The standard InChI is InChI=1S/C21H32N4O2/c1-15(2)14-25-17(4)18(16(3)23-25)12-21(26)22-13-19(20-8-7-11-27-20)24-9-5-6-10-24/h7-8,11,15,19H,5-6,9-10,12-14H2,1-4H3,(H,22,26). The first-order valence-electron chi connectivity index (χ1n) is 10.0. The molecule has 0 aliphatic carbocycles. The molecule has 2 aromatic rings. The summed E-state index contributed by atoms with van der Waals surface area (Å²) < 4.78 is 7.66. The SMILES string of the molecule is Cc1nn(CC(C)C)c(C)c1CC(=O)NCC(c1ccco1)N1CCCC1. The largest absolute Gasteiger partial charge is 0.468 e. The van der Waals surface area contributed by atoms with Crippen molar-refractivity contribution in [3.8, 4) is 0 Å². The van der Waals surface area contributed by atoms with Gasteiger partial charge >= 0.3 is 0 Å². The van der Waals surface area contributed by atoms with Gasteiger partial charge in [-0.2, -0.15) is 5.10 Å². The molecular formula is C21H32N4O2. The van der Waals surface area contributed by atoms with Gasteiger partial charge in [0, 0.05) is 24.3 Å². The van der Waals surface area contributed by atoms with Gasteiger partial charge in [-0.25, -0.2) is 0 Å². The van der Waals surface area contributed by atoms with E-state index in [9.17, 15) is 4.79 Å². The lowest BCUT2D eigenvalue weighted by atomic mass is 10.1. The molecule has 1 fully saturated rings. The third-order valence-corrected chi connectivity index (χ3v) is 5.35. The summed E-state index contributed by atoms with van der Waals surface area (Å²) in [6.45, 7) is 12.0. The molecular weight excluding hydrogens is 340 g/mol. The van der Waals surface area contributed by atoms with E-state index in [1.54, 1.807) is 6.26 Å². The zero-order valence-electron chi connectivity index (χ0n) is 17.0. The third kappa shape index (κ3) is 4.80. The molecule has 1 amide bonds. The number of hydrogen-bond acceptors (Lipinski definition) is 4. The van der Waals surface area contributed by atoms with E-state index in [0.29, 0.717) is 18.9 Å². The molecule has 0 radical (unpaired) electrons. The minimum Gasteiger partial charge on any atom is -0.468 e. The van der Waals surface area contributed by atoms with Crippen molar-refractivity contribution in [1.82, 2.24) is 20.0 Å². The Balaban J connectivity index is 1.62. The van der Waals surface area contributed by atoms with E-state index in [2.05, 4.69) is 36.1 Å². The summed E-state index contributed by atoms with van der Waals surface area (Å²) >= 11 is 0. The van der Waals surface area contributed by atoms with E-state index in [1.165, 1.54) is 12.8 Å². The molecule has 1 unspecified atom stereocenters. The second kappa shape index (κ2) is 8.74. The minimum atomic E-state index is 0.0426. The summed E-state index contributed by atoms with van der Waals surface area (Å²) in [4.78, 5) is 15.0. The van der Waals surface area contributed by atoms with Crippen LogP contribution in [0.15, 0.2) is 22.8 Å². The second-order valence-corrected chi connectivity index (χ2v) is 7.98. The fourth-order valence-electron chi connectivity index (χ4n) is 3.89. The third-order valence-electron chi connectivity index (χ3n) is 5.35. The molecule has 0 spiro atoms. The van der Waals surface area contributed by atoms with Crippen LogP contribution in [0.3, 0.4) is 0 Å². The minimum absolute atomic E-state index is 0.0426. The van der Waals surface area contributed by atoms with Gasteiger partial charge in [0.2, 0.25) is 5.91 Å². The number of nitrogens with one attached hydrogen (secondary N) is 1. The summed E-state index contributed by atoms with van der Waals surface area (Å²) in [5.74, 6) is 1.49. The average Bonchev–Trinajstić information content (AvgIpc) is 3.35. The number of carbonyl (C=O) groups excluding carboxylic acids is 1. The Morgan fingerprint density at radius 3 is 2.67 bits per heavy atom. The molecule has 2 aromatic heterocycles. The molecule has 1 N–H and O–H groups in total. The number of rotatable bonds is 8. The number of furan rings is 1. The number of hydrogen-bond donors (Lipinski definition) is 1. The van der Waals surface area contributed by atoms with Gasteiger partial charge in [-0.15, -0.1) is 0 Å². The Morgan fingerprint density at radius 1 is 1.30 bits per heavy atom. The summed E-state index contributed by atoms with van der Waals surface area (Å²) in [5, 5.41) is 7.74. The van der Waals surface area contributed by atoms with Crippen molar-refractivity contribution in [2.24, 2.45) is 5.92 Å². The molecule has 6 nitrogen and oxygen atoms in total. The molecule has 27 heavy (non-hydrogen) atoms. The summed E-state index contributed by atoms with van der Waals surface area (Å²) in [6.07, 6.45) is 4.49. The van der Waals surface area contributed by atoms with Gasteiger partial charge in [-0.05, 0) is 57.8 Å². The van der Waals surface area contributed by atoms with Gasteiger partial charge in [0.25, 0.3) is 0 Å². The molecule has 1 aliphatic rings. The van der Waals surface area contributed by atoms with E-state index < -0.39 is 0 Å². The lowest BCUT2D eigenvalue weighted by molar-refractivity contribution is -0.120. The molecule has 1 aliphatic heterocycles. The Labute approximate surface area is 161 Å². The first kappa shape index (κ1) is 19.7. The van der Waals surface area contributed by atoms with Crippen molar-refractivity contribution in [3.05, 3.63) is 41.1 Å². The normalized spacial score (nSPS) is 16.2. The highest BCUT2D eigenvalue weighted by atomic mass is 16.3. The van der Waals surface area contributed by atoms with Crippen LogP contribution in [0.25, 0.3) is 0 Å². The van der Waals surface area contributed by atoms with Crippen LogP contribution in [-0.4, -0.2) is 40.2 Å². The van der Waals surface area contributed by atoms with E-state index in [-0.39, 0.29) is 11.9 Å². The van der Waals surface area contributed by atoms with Gasteiger partial charge in [-0.1, -0.05) is 13.8 Å². The molecule has 0 saturated carbocycles. The Hall–Kier alpha value is -2.08. The van der Waals surface area contributed by atoms with Crippen LogP contribution in [0.4, 0.5) is 0 Å². The lowest BCUT2D eigenvalue weighted by Gasteiger charge is -2.26. The fourth-order valence-corrected chi connectivity index (χ4v) is 3.89. The van der Waals surface area contributed by atoms with E-state index in [4.69, 9.17) is 4.42 Å². The molecule has 0 bridgehead atoms. The van der Waals surface area contributed by atoms with Crippen LogP contribution in [0.5, 0.6) is 0 Å². The van der Waals surface area contributed by atoms with Crippen LogP contribution in [0, 0.1) is 19.8 Å². The molecule has 0 aromatic carbocycles. The molecule has 1 atom stereocenters. The van der Waals surface area contributed by atoms with Gasteiger partial charge in [-0.3, -0.25) is 14.4 Å². The van der Waals surface area contributed by atoms with Crippen molar-refractivity contribution in [2.45, 2.75) is 59.5 Å². The van der Waals surface area contributed by atoms with Crippen molar-refractivity contribution in [2.75, 3.05) is 19.6 Å². The second-order valence-electron chi connectivity index (χ2n) is 7.98. The first-order chi connectivity index (χ1) is 13.0. The highest BCUT2D eigenvalue weighted by molar-refractivity contribution is 5.79. The zero-order valence-corrected chi connectivity index (χ0v) is 17.0. The predicted octanol–water partition coefficient (Wildman–Crippen LogP) is 3.24. The van der Waals surface area contributed by atoms with Crippen molar-refractivity contribution in [1.29, 1.82) is 0 Å². The van der Waals surface area contributed by atoms with Gasteiger partial charge in [0.15, 0.2) is 0 Å². The molecule has 3 heterocycles. The molecule has 148 valence electrons. The maximum atomic E-state index is 12.6. The fraction of sp³-hybridized carbons (Fsp3) is 0.619. The number of likely N-dealkylation sites (tertiary alicyclic amines) is 1. The molecule has 1 saturated heterocycles. The summed E-state index contributed by atoms with van der Waals surface area (Å²) in [5.41, 5.74) is 3.09. The number of amides is 1. The first-order valence-corrected chi connectivity index (χ1v) is 10.0. The topological polar surface area (TPSA) is 63.3 Å². The maximum Gasteiger partial charge on any atom is 0.224 e. The van der Waals surface area contributed by atoms with Crippen LogP contribution in [0.1, 0.15) is 55.4 Å². The number of carbonyl (C=O) groups is 1. The van der Waals surface area contributed by atoms with Gasteiger partial charge in [0.1, 0.15) is 5.76 Å².